The second-order valence-corrected chi connectivity index (χ2v) is 14.2. The average molecular weight is 500 g/mol. The van der Waals surface area contributed by atoms with E-state index in [4.69, 9.17) is 4.55 Å². The summed E-state index contributed by atoms with van der Waals surface area (Å²) in [6.45, 7) is 7.05. The van der Waals surface area contributed by atoms with Crippen LogP contribution in [0.3, 0.4) is 0 Å². The molecule has 0 aliphatic heterocycles. The fraction of sp³-hybridized carbons (Fsp3) is 0.962. The molecule has 7 nitrogen and oxygen atoms in total. The van der Waals surface area contributed by atoms with Gasteiger partial charge in [0.15, 0.2) is 0 Å². The molecule has 0 aromatic carbocycles. The first-order valence-electron chi connectivity index (χ1n) is 13.4. The van der Waals surface area contributed by atoms with Gasteiger partial charge in [-0.2, -0.15) is 8.42 Å². The fourth-order valence-corrected chi connectivity index (χ4v) is 9.58. The fourth-order valence-electron chi connectivity index (χ4n) is 9.22. The summed E-state index contributed by atoms with van der Waals surface area (Å²) in [4.78, 5) is 12.2. The Morgan fingerprint density at radius 3 is 2.38 bits per heavy atom. The first kappa shape index (κ1) is 26.4. The lowest BCUT2D eigenvalue weighted by atomic mass is 9.44. The van der Waals surface area contributed by atoms with Crippen molar-refractivity contribution in [2.45, 2.75) is 97.2 Å². The van der Waals surface area contributed by atoms with Crippen LogP contribution in [0.25, 0.3) is 0 Å². The number of nitrogens with one attached hydrogen (secondary N) is 1. The summed E-state index contributed by atoms with van der Waals surface area (Å²) in [5.41, 5.74) is 0.367. The minimum absolute atomic E-state index is 0.0581. The molecule has 10 atom stereocenters. The maximum absolute atomic E-state index is 12.2. The average Bonchev–Trinajstić information content (AvgIpc) is 3.10. The molecule has 4 rings (SSSR count). The highest BCUT2D eigenvalue weighted by molar-refractivity contribution is 7.85. The van der Waals surface area contributed by atoms with Crippen LogP contribution in [0.4, 0.5) is 0 Å². The number of aliphatic hydroxyl groups is 2. The Balaban J connectivity index is 1.38. The van der Waals surface area contributed by atoms with Gasteiger partial charge in [0.05, 0.1) is 18.0 Å². The number of hydrogen-bond donors (Lipinski definition) is 4. The van der Waals surface area contributed by atoms with Gasteiger partial charge < -0.3 is 15.5 Å². The van der Waals surface area contributed by atoms with Crippen LogP contribution in [0.1, 0.15) is 85.0 Å². The predicted molar refractivity (Wildman–Crippen MR) is 130 cm³/mol. The molecule has 4 fully saturated rings. The van der Waals surface area contributed by atoms with Crippen molar-refractivity contribution >= 4 is 16.0 Å². The molecule has 0 saturated heterocycles. The predicted octanol–water partition coefficient (Wildman–Crippen LogP) is 3.40. The van der Waals surface area contributed by atoms with Crippen molar-refractivity contribution in [2.24, 2.45) is 46.3 Å². The molecule has 4 aliphatic rings. The highest BCUT2D eigenvalue weighted by atomic mass is 32.2. The van der Waals surface area contributed by atoms with Gasteiger partial charge in [0.1, 0.15) is 0 Å². The van der Waals surface area contributed by atoms with Gasteiger partial charge in [-0.15, -0.1) is 0 Å². The third-order valence-corrected chi connectivity index (χ3v) is 11.6. The van der Waals surface area contributed by atoms with Crippen LogP contribution < -0.4 is 5.32 Å². The molecule has 0 heterocycles. The number of carbonyl (C=O) groups is 1. The van der Waals surface area contributed by atoms with Crippen LogP contribution in [0.2, 0.25) is 0 Å². The number of rotatable bonds is 7. The van der Waals surface area contributed by atoms with Crippen LogP contribution in [0.15, 0.2) is 0 Å². The molecular formula is C26H45NO6S. The minimum atomic E-state index is -4.06. The summed E-state index contributed by atoms with van der Waals surface area (Å²) in [7, 11) is -4.06. The SMILES string of the molecule is C[C@H](CCC(=O)NCCS(=O)(=O)O)[C@H]1CC[C@H]2[C@@H]3C[C@H](O)[C@@H]4C[C@H](O)CC[C@@]4(C)[C@H]3CC[C@@]12C. The zero-order chi connectivity index (χ0) is 24.9. The van der Waals surface area contributed by atoms with E-state index >= 15 is 0 Å². The lowest BCUT2D eigenvalue weighted by molar-refractivity contribution is -0.172. The number of fused-ring (bicyclic) bond motifs is 5. The van der Waals surface area contributed by atoms with Crippen molar-refractivity contribution in [1.82, 2.24) is 5.32 Å². The summed E-state index contributed by atoms with van der Waals surface area (Å²) in [6.07, 6.45) is 8.84. The lowest BCUT2D eigenvalue weighted by Gasteiger charge is -2.62. The summed E-state index contributed by atoms with van der Waals surface area (Å²) >= 11 is 0. The summed E-state index contributed by atoms with van der Waals surface area (Å²) in [5, 5.41) is 24.0. The molecule has 196 valence electrons. The maximum atomic E-state index is 12.2. The van der Waals surface area contributed by atoms with Crippen LogP contribution in [-0.4, -0.2) is 53.6 Å². The van der Waals surface area contributed by atoms with Crippen molar-refractivity contribution in [3.05, 3.63) is 0 Å². The normalized spacial score (nSPS) is 45.1. The second kappa shape index (κ2) is 9.64. The monoisotopic (exact) mass is 499 g/mol. The van der Waals surface area contributed by atoms with E-state index in [1.807, 2.05) is 0 Å². The van der Waals surface area contributed by atoms with E-state index in [1.54, 1.807) is 0 Å². The lowest BCUT2D eigenvalue weighted by Crippen LogP contribution is -2.58. The zero-order valence-electron chi connectivity index (χ0n) is 21.1. The first-order chi connectivity index (χ1) is 15.8. The van der Waals surface area contributed by atoms with Crippen LogP contribution in [0.5, 0.6) is 0 Å². The topological polar surface area (TPSA) is 124 Å². The molecule has 0 radical (unpaired) electrons. The highest BCUT2D eigenvalue weighted by Crippen LogP contribution is 2.68. The Morgan fingerprint density at radius 2 is 1.68 bits per heavy atom. The molecule has 4 saturated carbocycles. The van der Waals surface area contributed by atoms with Crippen molar-refractivity contribution in [3.8, 4) is 0 Å². The highest BCUT2D eigenvalue weighted by Gasteiger charge is 2.62. The van der Waals surface area contributed by atoms with Gasteiger partial charge in [0.25, 0.3) is 10.1 Å². The summed E-state index contributed by atoms with van der Waals surface area (Å²) < 4.78 is 30.5. The Kier molecular flexibility index (Phi) is 7.47. The van der Waals surface area contributed by atoms with E-state index in [9.17, 15) is 23.4 Å². The Hall–Kier alpha value is -0.700. The number of amides is 1. The molecule has 4 aliphatic carbocycles. The van der Waals surface area contributed by atoms with Crippen molar-refractivity contribution in [3.63, 3.8) is 0 Å². The molecule has 34 heavy (non-hydrogen) atoms. The van der Waals surface area contributed by atoms with E-state index in [0.29, 0.717) is 36.0 Å². The zero-order valence-corrected chi connectivity index (χ0v) is 21.9. The Morgan fingerprint density at radius 1 is 1.00 bits per heavy atom. The van der Waals surface area contributed by atoms with Gasteiger partial charge in [0.2, 0.25) is 5.91 Å². The van der Waals surface area contributed by atoms with E-state index in [2.05, 4.69) is 26.1 Å². The molecule has 0 aromatic rings. The van der Waals surface area contributed by atoms with Crippen LogP contribution in [-0.2, 0) is 14.9 Å². The third-order valence-electron chi connectivity index (χ3n) is 10.9. The quantitative estimate of drug-likeness (QED) is 0.398. The second-order valence-electron chi connectivity index (χ2n) is 12.6. The molecule has 0 aromatic heterocycles. The Bertz CT molecular complexity index is 863. The third kappa shape index (κ3) is 4.94. The number of hydrogen-bond acceptors (Lipinski definition) is 5. The largest absolute Gasteiger partial charge is 0.393 e. The Labute approximate surface area is 205 Å². The van der Waals surface area contributed by atoms with Crippen LogP contribution >= 0.6 is 0 Å². The molecule has 0 unspecified atom stereocenters. The van der Waals surface area contributed by atoms with Crippen molar-refractivity contribution < 1.29 is 28.0 Å². The van der Waals surface area contributed by atoms with Crippen molar-refractivity contribution in [2.75, 3.05) is 12.3 Å². The summed E-state index contributed by atoms with van der Waals surface area (Å²) in [5.74, 6) is 2.36. The molecular weight excluding hydrogens is 454 g/mol. The van der Waals surface area contributed by atoms with Gasteiger partial charge in [-0.1, -0.05) is 20.8 Å². The van der Waals surface area contributed by atoms with E-state index in [-0.39, 0.29) is 41.4 Å². The van der Waals surface area contributed by atoms with E-state index in [0.717, 1.165) is 32.1 Å². The van der Waals surface area contributed by atoms with E-state index in [1.165, 1.54) is 25.7 Å². The summed E-state index contributed by atoms with van der Waals surface area (Å²) in [6, 6.07) is 0. The van der Waals surface area contributed by atoms with Gasteiger partial charge in [-0.05, 0) is 104 Å². The maximum Gasteiger partial charge on any atom is 0.266 e. The van der Waals surface area contributed by atoms with Gasteiger partial charge in [-0.25, -0.2) is 0 Å². The molecule has 8 heteroatoms. The smallest absolute Gasteiger partial charge is 0.266 e. The van der Waals surface area contributed by atoms with Crippen molar-refractivity contribution in [1.29, 1.82) is 0 Å². The molecule has 1 amide bonds. The molecule has 4 N–H and O–H groups in total. The first-order valence-corrected chi connectivity index (χ1v) is 15.0. The van der Waals surface area contributed by atoms with Gasteiger partial charge >= 0.3 is 0 Å². The van der Waals surface area contributed by atoms with E-state index < -0.39 is 15.9 Å². The molecule has 0 spiro atoms. The molecule has 0 bridgehead atoms. The minimum Gasteiger partial charge on any atom is -0.393 e. The van der Waals surface area contributed by atoms with Crippen LogP contribution in [0, 0.1) is 46.3 Å². The number of carbonyl (C=O) groups excluding carboxylic acids is 1. The standard InChI is InChI=1S/C26H45NO6S/c1-16(4-7-24(30)27-12-13-34(31,32)33)19-5-6-20-18-15-23(29)22-14-17(28)8-10-26(22,3)21(18)9-11-25(19,20)2/h16-23,28-29H,4-15H2,1-3H3,(H,27,30)(H,31,32,33)/t16-,17-,18+,19-,20+,21+,22+,23+,25+,26+/m1/s1. The van der Waals surface area contributed by atoms with Gasteiger partial charge in [0, 0.05) is 13.0 Å². The number of aliphatic hydroxyl groups excluding tert-OH is 2. The van der Waals surface area contributed by atoms with Gasteiger partial charge in [-0.3, -0.25) is 9.35 Å².